The SMILES string of the molecule is O=c1c2[nH]c3ccc(Cl)cc3c2ncn1/N=C\c1ccccc1. The van der Waals surface area contributed by atoms with Crippen molar-refractivity contribution in [3.05, 3.63) is 75.8 Å². The third-order valence-corrected chi connectivity index (χ3v) is 3.82. The Kier molecular flexibility index (Phi) is 3.20. The van der Waals surface area contributed by atoms with Crippen molar-refractivity contribution in [2.24, 2.45) is 5.10 Å². The summed E-state index contributed by atoms with van der Waals surface area (Å²) in [7, 11) is 0. The Labute approximate surface area is 135 Å². The van der Waals surface area contributed by atoms with E-state index in [1.807, 2.05) is 36.4 Å². The molecule has 2 aromatic carbocycles. The monoisotopic (exact) mass is 322 g/mol. The van der Waals surface area contributed by atoms with E-state index in [1.54, 1.807) is 18.3 Å². The molecule has 0 aliphatic heterocycles. The van der Waals surface area contributed by atoms with Crippen LogP contribution >= 0.6 is 11.6 Å². The van der Waals surface area contributed by atoms with E-state index >= 15 is 0 Å². The minimum atomic E-state index is -0.255. The second kappa shape index (κ2) is 5.37. The van der Waals surface area contributed by atoms with Gasteiger partial charge in [0.1, 0.15) is 17.4 Å². The zero-order valence-electron chi connectivity index (χ0n) is 11.9. The third-order valence-electron chi connectivity index (χ3n) is 3.58. The minimum absolute atomic E-state index is 0.255. The molecule has 2 heterocycles. The molecule has 0 unspecified atom stereocenters. The maximum Gasteiger partial charge on any atom is 0.298 e. The second-order valence-corrected chi connectivity index (χ2v) is 5.52. The number of fused-ring (bicyclic) bond motifs is 3. The van der Waals surface area contributed by atoms with Crippen molar-refractivity contribution in [1.29, 1.82) is 0 Å². The minimum Gasteiger partial charge on any atom is -0.349 e. The van der Waals surface area contributed by atoms with Crippen molar-refractivity contribution in [3.8, 4) is 0 Å². The van der Waals surface area contributed by atoms with E-state index in [0.29, 0.717) is 16.1 Å². The van der Waals surface area contributed by atoms with Gasteiger partial charge in [-0.25, -0.2) is 4.98 Å². The number of aromatic nitrogens is 3. The molecule has 23 heavy (non-hydrogen) atoms. The lowest BCUT2D eigenvalue weighted by molar-refractivity contribution is 0.815. The Morgan fingerprint density at radius 2 is 2.00 bits per heavy atom. The van der Waals surface area contributed by atoms with E-state index in [-0.39, 0.29) is 5.56 Å². The van der Waals surface area contributed by atoms with E-state index in [4.69, 9.17) is 11.6 Å². The summed E-state index contributed by atoms with van der Waals surface area (Å²) in [4.78, 5) is 20.0. The van der Waals surface area contributed by atoms with Gasteiger partial charge in [-0.3, -0.25) is 4.79 Å². The quantitative estimate of drug-likeness (QED) is 0.575. The summed E-state index contributed by atoms with van der Waals surface area (Å²) in [5.74, 6) is 0. The lowest BCUT2D eigenvalue weighted by atomic mass is 10.2. The van der Waals surface area contributed by atoms with E-state index in [9.17, 15) is 4.79 Å². The molecule has 0 radical (unpaired) electrons. The van der Waals surface area contributed by atoms with Crippen LogP contribution in [0.25, 0.3) is 21.9 Å². The summed E-state index contributed by atoms with van der Waals surface area (Å²) < 4.78 is 1.21. The number of nitrogens with one attached hydrogen (secondary N) is 1. The summed E-state index contributed by atoms with van der Waals surface area (Å²) in [6, 6.07) is 14.9. The molecule has 4 rings (SSSR count). The fourth-order valence-corrected chi connectivity index (χ4v) is 2.64. The van der Waals surface area contributed by atoms with Crippen molar-refractivity contribution < 1.29 is 0 Å². The molecule has 0 saturated carbocycles. The molecule has 6 heteroatoms. The number of aromatic amines is 1. The average Bonchev–Trinajstić information content (AvgIpc) is 2.94. The summed E-state index contributed by atoms with van der Waals surface area (Å²) in [5, 5.41) is 5.61. The molecule has 0 aliphatic carbocycles. The van der Waals surface area contributed by atoms with Crippen molar-refractivity contribution >= 4 is 39.8 Å². The molecule has 0 aliphatic rings. The lowest BCUT2D eigenvalue weighted by Crippen LogP contribution is -2.17. The number of hydrogen-bond donors (Lipinski definition) is 1. The number of nitrogens with zero attached hydrogens (tertiary/aromatic N) is 3. The molecule has 0 bridgehead atoms. The van der Waals surface area contributed by atoms with Crippen LogP contribution in [0.3, 0.4) is 0 Å². The zero-order chi connectivity index (χ0) is 15.8. The highest BCUT2D eigenvalue weighted by Crippen LogP contribution is 2.24. The Morgan fingerprint density at radius 3 is 2.83 bits per heavy atom. The predicted molar refractivity (Wildman–Crippen MR) is 92.3 cm³/mol. The molecule has 4 aromatic rings. The first-order chi connectivity index (χ1) is 11.2. The van der Waals surface area contributed by atoms with Gasteiger partial charge in [-0.15, -0.1) is 0 Å². The van der Waals surface area contributed by atoms with Crippen LogP contribution in [0, 0.1) is 0 Å². The number of halogens is 1. The summed E-state index contributed by atoms with van der Waals surface area (Å²) in [5.41, 5.74) is 2.48. The highest BCUT2D eigenvalue weighted by Gasteiger charge is 2.10. The predicted octanol–water partition coefficient (Wildman–Crippen LogP) is 3.41. The summed E-state index contributed by atoms with van der Waals surface area (Å²) in [6.07, 6.45) is 3.03. The van der Waals surface area contributed by atoms with Gasteiger partial charge in [0.25, 0.3) is 5.56 Å². The van der Waals surface area contributed by atoms with Crippen molar-refractivity contribution in [2.45, 2.75) is 0 Å². The number of H-pyrrole nitrogens is 1. The molecule has 0 saturated heterocycles. The third kappa shape index (κ3) is 2.41. The van der Waals surface area contributed by atoms with Gasteiger partial charge in [0.2, 0.25) is 0 Å². The van der Waals surface area contributed by atoms with Gasteiger partial charge in [-0.05, 0) is 23.8 Å². The van der Waals surface area contributed by atoms with E-state index in [1.165, 1.54) is 11.0 Å². The van der Waals surface area contributed by atoms with Gasteiger partial charge in [0.15, 0.2) is 0 Å². The van der Waals surface area contributed by atoms with E-state index < -0.39 is 0 Å². The Bertz CT molecular complexity index is 1100. The zero-order valence-corrected chi connectivity index (χ0v) is 12.7. The van der Waals surface area contributed by atoms with Gasteiger partial charge >= 0.3 is 0 Å². The van der Waals surface area contributed by atoms with Gasteiger partial charge < -0.3 is 4.98 Å². The highest BCUT2D eigenvalue weighted by molar-refractivity contribution is 6.31. The van der Waals surface area contributed by atoms with Crippen LogP contribution in [0.2, 0.25) is 5.02 Å². The molecule has 2 aromatic heterocycles. The normalized spacial score (nSPS) is 11.7. The maximum absolute atomic E-state index is 12.5. The van der Waals surface area contributed by atoms with Gasteiger partial charge in [-0.2, -0.15) is 9.78 Å². The Hall–Kier alpha value is -2.92. The standard InChI is InChI=1S/C17H11ClN4O/c18-12-6-7-14-13(8-12)15-16(21-14)17(23)22(10-19-15)20-9-11-4-2-1-3-5-11/h1-10,21H/b20-9-. The lowest BCUT2D eigenvalue weighted by Gasteiger charge is -1.97. The second-order valence-electron chi connectivity index (χ2n) is 5.09. The van der Waals surface area contributed by atoms with Crippen LogP contribution in [-0.4, -0.2) is 20.9 Å². The van der Waals surface area contributed by atoms with E-state index in [0.717, 1.165) is 16.5 Å². The molecule has 0 atom stereocenters. The maximum atomic E-state index is 12.5. The van der Waals surface area contributed by atoms with Gasteiger partial charge in [0, 0.05) is 15.9 Å². The molecule has 0 amide bonds. The van der Waals surface area contributed by atoms with Crippen LogP contribution in [0.4, 0.5) is 0 Å². The van der Waals surface area contributed by atoms with Crippen LogP contribution < -0.4 is 5.56 Å². The van der Waals surface area contributed by atoms with Gasteiger partial charge in [0.05, 0.1) is 6.21 Å². The van der Waals surface area contributed by atoms with Crippen LogP contribution in [0.1, 0.15) is 5.56 Å². The Balaban J connectivity index is 1.87. The molecule has 112 valence electrons. The molecule has 5 nitrogen and oxygen atoms in total. The van der Waals surface area contributed by atoms with E-state index in [2.05, 4.69) is 15.1 Å². The topological polar surface area (TPSA) is 63.0 Å². The molecule has 0 fully saturated rings. The van der Waals surface area contributed by atoms with Crippen LogP contribution in [0.15, 0.2) is 64.8 Å². The fraction of sp³-hybridized carbons (Fsp3) is 0. The van der Waals surface area contributed by atoms with Crippen molar-refractivity contribution in [2.75, 3.05) is 0 Å². The first kappa shape index (κ1) is 13.7. The summed E-state index contributed by atoms with van der Waals surface area (Å²) >= 11 is 6.02. The molecular weight excluding hydrogens is 312 g/mol. The first-order valence-corrected chi connectivity index (χ1v) is 7.38. The Morgan fingerprint density at radius 1 is 1.17 bits per heavy atom. The number of benzene rings is 2. The molecule has 0 spiro atoms. The van der Waals surface area contributed by atoms with Gasteiger partial charge in [-0.1, -0.05) is 41.9 Å². The highest BCUT2D eigenvalue weighted by atomic mass is 35.5. The average molecular weight is 323 g/mol. The van der Waals surface area contributed by atoms with Crippen molar-refractivity contribution in [1.82, 2.24) is 14.6 Å². The first-order valence-electron chi connectivity index (χ1n) is 7.00. The smallest absolute Gasteiger partial charge is 0.298 e. The molecule has 1 N–H and O–H groups in total. The number of rotatable bonds is 2. The van der Waals surface area contributed by atoms with Crippen LogP contribution in [-0.2, 0) is 0 Å². The largest absolute Gasteiger partial charge is 0.349 e. The van der Waals surface area contributed by atoms with Crippen LogP contribution in [0.5, 0.6) is 0 Å². The molecular formula is C17H11ClN4O. The number of hydrogen-bond acceptors (Lipinski definition) is 3. The summed E-state index contributed by atoms with van der Waals surface area (Å²) in [6.45, 7) is 0. The fourth-order valence-electron chi connectivity index (χ4n) is 2.47. The van der Waals surface area contributed by atoms with Crippen molar-refractivity contribution in [3.63, 3.8) is 0 Å².